The standard InChI is InChI=1S/C7H6Br2N2O2/c1-3(12)13-6-4(8)2-5(10)11-7(6)9/h2H,1H3,(H2,10,11). The highest BCUT2D eigenvalue weighted by atomic mass is 79.9. The molecule has 2 N–H and O–H groups in total. The second-order valence-electron chi connectivity index (χ2n) is 2.24. The van der Waals surface area contributed by atoms with Gasteiger partial charge in [0.1, 0.15) is 5.82 Å². The summed E-state index contributed by atoms with van der Waals surface area (Å²) in [5.41, 5.74) is 5.45. The maximum Gasteiger partial charge on any atom is 0.308 e. The van der Waals surface area contributed by atoms with E-state index in [1.54, 1.807) is 6.07 Å². The Morgan fingerprint density at radius 3 is 2.69 bits per heavy atom. The molecule has 70 valence electrons. The SMILES string of the molecule is CC(=O)Oc1c(Br)cc(N)nc1Br. The molecule has 1 heterocycles. The summed E-state index contributed by atoms with van der Waals surface area (Å²) >= 11 is 6.33. The average molecular weight is 310 g/mol. The number of aromatic nitrogens is 1. The summed E-state index contributed by atoms with van der Waals surface area (Å²) in [7, 11) is 0. The van der Waals surface area contributed by atoms with Gasteiger partial charge in [0.05, 0.1) is 4.47 Å². The van der Waals surface area contributed by atoms with Crippen molar-refractivity contribution in [1.82, 2.24) is 4.98 Å². The Morgan fingerprint density at radius 2 is 2.23 bits per heavy atom. The predicted molar refractivity (Wildman–Crippen MR) is 55.4 cm³/mol. The smallest absolute Gasteiger partial charge is 0.308 e. The number of carbonyl (C=O) groups excluding carboxylic acids is 1. The normalized spacial score (nSPS) is 9.77. The van der Waals surface area contributed by atoms with Crippen molar-refractivity contribution < 1.29 is 9.53 Å². The van der Waals surface area contributed by atoms with Crippen LogP contribution in [0.15, 0.2) is 15.1 Å². The molecule has 0 radical (unpaired) electrons. The van der Waals surface area contributed by atoms with Crippen LogP contribution in [0.2, 0.25) is 0 Å². The lowest BCUT2D eigenvalue weighted by Crippen LogP contribution is -2.04. The van der Waals surface area contributed by atoms with Crippen LogP contribution in [0.3, 0.4) is 0 Å². The lowest BCUT2D eigenvalue weighted by atomic mass is 10.4. The lowest BCUT2D eigenvalue weighted by Gasteiger charge is -2.06. The van der Waals surface area contributed by atoms with Crippen molar-refractivity contribution >= 4 is 43.6 Å². The number of pyridine rings is 1. The van der Waals surface area contributed by atoms with Crippen molar-refractivity contribution in [2.75, 3.05) is 5.73 Å². The fourth-order valence-corrected chi connectivity index (χ4v) is 1.99. The zero-order chi connectivity index (χ0) is 10.0. The molecule has 0 fully saturated rings. The van der Waals surface area contributed by atoms with Gasteiger partial charge in [-0.25, -0.2) is 4.98 Å². The van der Waals surface area contributed by atoms with Crippen LogP contribution in [-0.2, 0) is 4.79 Å². The Hall–Kier alpha value is -0.620. The molecule has 0 saturated heterocycles. The molecule has 1 rings (SSSR count). The summed E-state index contributed by atoms with van der Waals surface area (Å²) in [6.45, 7) is 1.31. The highest BCUT2D eigenvalue weighted by Gasteiger charge is 2.11. The van der Waals surface area contributed by atoms with Gasteiger partial charge in [-0.05, 0) is 37.9 Å². The van der Waals surface area contributed by atoms with Crippen molar-refractivity contribution in [2.24, 2.45) is 0 Å². The molecule has 0 unspecified atom stereocenters. The van der Waals surface area contributed by atoms with Crippen LogP contribution in [0, 0.1) is 0 Å². The number of rotatable bonds is 1. The van der Waals surface area contributed by atoms with Crippen LogP contribution in [0.1, 0.15) is 6.92 Å². The van der Waals surface area contributed by atoms with E-state index in [2.05, 4.69) is 36.8 Å². The molecular weight excluding hydrogens is 304 g/mol. The first kappa shape index (κ1) is 10.5. The molecule has 0 aliphatic carbocycles. The topological polar surface area (TPSA) is 65.2 Å². The summed E-state index contributed by atoms with van der Waals surface area (Å²) in [5, 5.41) is 0. The van der Waals surface area contributed by atoms with E-state index >= 15 is 0 Å². The van der Waals surface area contributed by atoms with Crippen molar-refractivity contribution in [1.29, 1.82) is 0 Å². The van der Waals surface area contributed by atoms with E-state index in [9.17, 15) is 4.79 Å². The molecule has 0 spiro atoms. The van der Waals surface area contributed by atoms with Crippen LogP contribution < -0.4 is 10.5 Å². The number of carbonyl (C=O) groups is 1. The number of halogens is 2. The van der Waals surface area contributed by atoms with Crippen LogP contribution in [0.4, 0.5) is 5.82 Å². The number of esters is 1. The summed E-state index contributed by atoms with van der Waals surface area (Å²) in [4.78, 5) is 14.6. The summed E-state index contributed by atoms with van der Waals surface area (Å²) in [6.07, 6.45) is 0. The molecule has 1 aromatic heterocycles. The van der Waals surface area contributed by atoms with Gasteiger partial charge in [0.2, 0.25) is 0 Å². The van der Waals surface area contributed by atoms with Crippen LogP contribution in [0.25, 0.3) is 0 Å². The number of hydrogen-bond acceptors (Lipinski definition) is 4. The summed E-state index contributed by atoms with van der Waals surface area (Å²) in [5.74, 6) is 0.268. The summed E-state index contributed by atoms with van der Waals surface area (Å²) in [6, 6.07) is 1.56. The monoisotopic (exact) mass is 308 g/mol. The van der Waals surface area contributed by atoms with Crippen molar-refractivity contribution in [2.45, 2.75) is 6.92 Å². The third-order valence-corrected chi connectivity index (χ3v) is 2.28. The van der Waals surface area contributed by atoms with Gasteiger partial charge in [0.25, 0.3) is 0 Å². The minimum Gasteiger partial charge on any atom is -0.423 e. The Labute approximate surface area is 91.7 Å². The van der Waals surface area contributed by atoms with E-state index in [-0.39, 0.29) is 0 Å². The van der Waals surface area contributed by atoms with Gasteiger partial charge < -0.3 is 10.5 Å². The first-order valence-electron chi connectivity index (χ1n) is 3.30. The van der Waals surface area contributed by atoms with Gasteiger partial charge in [-0.3, -0.25) is 4.79 Å². The van der Waals surface area contributed by atoms with Gasteiger partial charge in [-0.15, -0.1) is 0 Å². The van der Waals surface area contributed by atoms with Crippen molar-refractivity contribution in [3.8, 4) is 5.75 Å². The third-order valence-electron chi connectivity index (χ3n) is 1.15. The predicted octanol–water partition coefficient (Wildman–Crippen LogP) is 2.11. The molecule has 0 aliphatic heterocycles. The second kappa shape index (κ2) is 4.06. The fourth-order valence-electron chi connectivity index (χ4n) is 0.725. The van der Waals surface area contributed by atoms with E-state index in [1.807, 2.05) is 0 Å². The number of nitrogen functional groups attached to an aromatic ring is 1. The molecule has 0 saturated carbocycles. The minimum absolute atomic E-state index is 0.335. The first-order chi connectivity index (χ1) is 6.00. The highest BCUT2D eigenvalue weighted by molar-refractivity contribution is 9.11. The van der Waals surface area contributed by atoms with Gasteiger partial charge in [-0.1, -0.05) is 0 Å². The van der Waals surface area contributed by atoms with E-state index in [0.29, 0.717) is 20.6 Å². The number of ether oxygens (including phenoxy) is 1. The van der Waals surface area contributed by atoms with Crippen LogP contribution >= 0.6 is 31.9 Å². The molecule has 0 amide bonds. The quantitative estimate of drug-likeness (QED) is 0.637. The Balaban J connectivity index is 3.13. The first-order valence-corrected chi connectivity index (χ1v) is 4.89. The average Bonchev–Trinajstić information content (AvgIpc) is 1.96. The van der Waals surface area contributed by atoms with Gasteiger partial charge in [-0.2, -0.15) is 0 Å². The second-order valence-corrected chi connectivity index (χ2v) is 3.85. The Kier molecular flexibility index (Phi) is 3.27. The fraction of sp³-hybridized carbons (Fsp3) is 0.143. The molecule has 1 aromatic rings. The maximum atomic E-state index is 10.7. The van der Waals surface area contributed by atoms with Gasteiger partial charge >= 0.3 is 5.97 Å². The molecule has 13 heavy (non-hydrogen) atoms. The molecule has 0 aromatic carbocycles. The van der Waals surface area contributed by atoms with Crippen molar-refractivity contribution in [3.63, 3.8) is 0 Å². The number of anilines is 1. The zero-order valence-corrected chi connectivity index (χ0v) is 9.85. The van der Waals surface area contributed by atoms with E-state index in [1.165, 1.54) is 6.92 Å². The molecule has 0 bridgehead atoms. The molecular formula is C7H6Br2N2O2. The lowest BCUT2D eigenvalue weighted by molar-refractivity contribution is -0.132. The minimum atomic E-state index is -0.409. The van der Waals surface area contributed by atoms with Crippen molar-refractivity contribution in [3.05, 3.63) is 15.1 Å². The number of nitrogens with zero attached hydrogens (tertiary/aromatic N) is 1. The summed E-state index contributed by atoms with van der Waals surface area (Å²) < 4.78 is 5.86. The van der Waals surface area contributed by atoms with Crippen LogP contribution in [-0.4, -0.2) is 11.0 Å². The number of nitrogens with two attached hydrogens (primary N) is 1. The molecule has 4 nitrogen and oxygen atoms in total. The maximum absolute atomic E-state index is 10.7. The Bertz CT molecular complexity index is 331. The largest absolute Gasteiger partial charge is 0.423 e. The molecule has 6 heteroatoms. The number of hydrogen-bond donors (Lipinski definition) is 1. The van der Waals surface area contributed by atoms with Gasteiger partial charge in [0, 0.05) is 6.92 Å². The van der Waals surface area contributed by atoms with E-state index < -0.39 is 5.97 Å². The zero-order valence-electron chi connectivity index (χ0n) is 6.67. The van der Waals surface area contributed by atoms with E-state index in [0.717, 1.165) is 0 Å². The van der Waals surface area contributed by atoms with Gasteiger partial charge in [0.15, 0.2) is 10.4 Å². The highest BCUT2D eigenvalue weighted by Crippen LogP contribution is 2.33. The van der Waals surface area contributed by atoms with Crippen LogP contribution in [0.5, 0.6) is 5.75 Å². The Morgan fingerprint density at radius 1 is 1.62 bits per heavy atom. The molecule has 0 aliphatic rings. The third kappa shape index (κ3) is 2.67. The molecule has 0 atom stereocenters. The van der Waals surface area contributed by atoms with E-state index in [4.69, 9.17) is 10.5 Å².